The van der Waals surface area contributed by atoms with Crippen LogP contribution in [0.2, 0.25) is 0 Å². The van der Waals surface area contributed by atoms with Crippen molar-refractivity contribution < 1.29 is 0 Å². The summed E-state index contributed by atoms with van der Waals surface area (Å²) in [5.41, 5.74) is 19.2. The molecule has 0 unspecified atom stereocenters. The average Bonchev–Trinajstić information content (AvgIpc) is 3.00. The molecule has 0 nitrogen and oxygen atoms in total. The van der Waals surface area contributed by atoms with Crippen LogP contribution >= 0.6 is 11.1 Å². The number of halogens is 1. The summed E-state index contributed by atoms with van der Waals surface area (Å²) in [6.45, 7) is 19.8. The molecule has 0 radical (unpaired) electrons. The van der Waals surface area contributed by atoms with Gasteiger partial charge in [-0.2, -0.15) is 0 Å². The maximum Gasteiger partial charge on any atom is 0.248 e. The summed E-state index contributed by atoms with van der Waals surface area (Å²) in [5, 5.41) is 3.58. The predicted octanol–water partition coefficient (Wildman–Crippen LogP) is 10.7. The van der Waals surface area contributed by atoms with Gasteiger partial charge in [0.25, 0.3) is 0 Å². The van der Waals surface area contributed by atoms with Crippen LogP contribution in [0, 0.1) is 62.3 Å². The Labute approximate surface area is 287 Å². The van der Waals surface area contributed by atoms with Gasteiger partial charge in [-0.1, -0.05) is 126 Å². The van der Waals surface area contributed by atoms with Crippen LogP contribution in [0.25, 0.3) is 33.4 Å². The molecule has 2 heteroatoms. The molecule has 6 rings (SSSR count). The van der Waals surface area contributed by atoms with E-state index in [1.54, 1.807) is 0 Å². The van der Waals surface area contributed by atoms with Gasteiger partial charge in [0.15, 0.2) is 0 Å². The molecule has 236 valence electrons. The van der Waals surface area contributed by atoms with Crippen LogP contribution < -0.4 is 15.6 Å². The highest BCUT2D eigenvalue weighted by molar-refractivity contribution is 7.40. The molecule has 0 saturated carbocycles. The van der Waals surface area contributed by atoms with Crippen LogP contribution in [0.1, 0.15) is 50.1 Å². The highest BCUT2D eigenvalue weighted by Crippen LogP contribution is 2.32. The molecule has 0 heterocycles. The molecule has 47 heavy (non-hydrogen) atoms. The SMILES string of the molecule is Cc1cc(C)c(-c2cccc([Si](Cl)(c3cccc(-c4c(C)cc(C)cc4C)c3)c3cccc(-c4c(C)cc(C)cc4C)c3)c2)c(C)c1. The van der Waals surface area contributed by atoms with Crippen molar-refractivity contribution in [3.8, 4) is 33.4 Å². The standard InChI is InChI=1S/C45H45ClSi/c1-28-19-31(4)43(32(5)20-28)37-13-10-16-40(25-37)47(46,41-17-11-14-38(26-41)44-33(6)21-29(2)22-34(44)7)42-18-12-15-39(27-42)45-35(8)23-30(3)24-36(45)9/h10-27H,1-9H3. The molecule has 0 fully saturated rings. The number of hydrogen-bond donors (Lipinski definition) is 0. The van der Waals surface area contributed by atoms with Crippen molar-refractivity contribution >= 4 is 34.0 Å². The first-order valence-corrected chi connectivity index (χ1v) is 19.6. The van der Waals surface area contributed by atoms with Crippen molar-refractivity contribution in [1.82, 2.24) is 0 Å². The Hall–Kier alpha value is -4.17. The van der Waals surface area contributed by atoms with E-state index in [0.29, 0.717) is 0 Å². The van der Waals surface area contributed by atoms with Gasteiger partial charge in [0.1, 0.15) is 0 Å². The largest absolute Gasteiger partial charge is 0.248 e. The highest BCUT2D eigenvalue weighted by Gasteiger charge is 2.39. The first-order valence-electron chi connectivity index (χ1n) is 16.6. The Bertz CT molecular complexity index is 1840. The number of hydrogen-bond acceptors (Lipinski definition) is 0. The molecule has 0 aromatic heterocycles. The van der Waals surface area contributed by atoms with Crippen molar-refractivity contribution in [3.05, 3.63) is 159 Å². The fourth-order valence-corrected chi connectivity index (χ4v) is 12.2. The highest BCUT2D eigenvalue weighted by atomic mass is 35.6. The van der Waals surface area contributed by atoms with E-state index in [0.717, 1.165) is 0 Å². The second kappa shape index (κ2) is 12.8. The lowest BCUT2D eigenvalue weighted by Crippen LogP contribution is -2.63. The maximum absolute atomic E-state index is 8.35. The quantitative estimate of drug-likeness (QED) is 0.0957. The summed E-state index contributed by atoms with van der Waals surface area (Å²) >= 11 is 8.35. The lowest BCUT2D eigenvalue weighted by molar-refractivity contribution is 1.32. The van der Waals surface area contributed by atoms with Crippen LogP contribution in [-0.4, -0.2) is 7.38 Å². The second-order valence-electron chi connectivity index (χ2n) is 13.7. The van der Waals surface area contributed by atoms with Gasteiger partial charge in [-0.15, -0.1) is 11.1 Å². The molecule has 0 saturated heterocycles. The normalized spacial score (nSPS) is 11.6. The molecule has 6 aromatic rings. The van der Waals surface area contributed by atoms with Gasteiger partial charge < -0.3 is 0 Å². The predicted molar refractivity (Wildman–Crippen MR) is 209 cm³/mol. The summed E-state index contributed by atoms with van der Waals surface area (Å²) in [7, 11) is -3.04. The van der Waals surface area contributed by atoms with Crippen molar-refractivity contribution in [1.29, 1.82) is 0 Å². The van der Waals surface area contributed by atoms with E-state index in [1.165, 1.54) is 99.0 Å². The zero-order valence-electron chi connectivity index (χ0n) is 29.3. The molecular weight excluding hydrogens is 604 g/mol. The summed E-state index contributed by atoms with van der Waals surface area (Å²) in [4.78, 5) is 0. The van der Waals surface area contributed by atoms with Crippen LogP contribution in [0.4, 0.5) is 0 Å². The molecule has 0 amide bonds. The monoisotopic (exact) mass is 648 g/mol. The third-order valence-corrected chi connectivity index (χ3v) is 15.0. The summed E-state index contributed by atoms with van der Waals surface area (Å²) in [5.74, 6) is 0. The zero-order valence-corrected chi connectivity index (χ0v) is 31.0. The van der Waals surface area contributed by atoms with Gasteiger partial charge in [-0.05, 0) is 145 Å². The lowest BCUT2D eigenvalue weighted by Gasteiger charge is -2.29. The molecule has 0 N–H and O–H groups in total. The Kier molecular flexibility index (Phi) is 8.91. The number of rotatable bonds is 6. The first-order chi connectivity index (χ1) is 22.4. The zero-order chi connectivity index (χ0) is 33.6. The number of aryl methyl sites for hydroxylation is 9. The summed E-state index contributed by atoms with van der Waals surface area (Å²) < 4.78 is 0. The molecule has 6 aromatic carbocycles. The molecule has 0 aliphatic heterocycles. The van der Waals surface area contributed by atoms with Gasteiger partial charge in [-0.3, -0.25) is 0 Å². The molecular formula is C45H45ClSi. The third kappa shape index (κ3) is 6.15. The minimum absolute atomic E-state index is 1.19. The second-order valence-corrected chi connectivity index (χ2v) is 18.5. The summed E-state index contributed by atoms with van der Waals surface area (Å²) in [6, 6.07) is 40.9. The van der Waals surface area contributed by atoms with E-state index in [4.69, 9.17) is 11.1 Å². The molecule has 0 aliphatic carbocycles. The van der Waals surface area contributed by atoms with E-state index >= 15 is 0 Å². The molecule has 0 bridgehead atoms. The van der Waals surface area contributed by atoms with E-state index in [9.17, 15) is 0 Å². The van der Waals surface area contributed by atoms with Gasteiger partial charge in [-0.25, -0.2) is 0 Å². The van der Waals surface area contributed by atoms with Gasteiger partial charge in [0.2, 0.25) is 7.38 Å². The summed E-state index contributed by atoms with van der Waals surface area (Å²) in [6.07, 6.45) is 0. The van der Waals surface area contributed by atoms with E-state index in [-0.39, 0.29) is 0 Å². The van der Waals surface area contributed by atoms with Crippen molar-refractivity contribution in [2.24, 2.45) is 0 Å². The molecule has 0 spiro atoms. The Morgan fingerprint density at radius 1 is 0.340 bits per heavy atom. The number of benzene rings is 6. The van der Waals surface area contributed by atoms with Crippen molar-refractivity contribution in [2.45, 2.75) is 62.3 Å². The Morgan fingerprint density at radius 3 is 0.809 bits per heavy atom. The van der Waals surface area contributed by atoms with Crippen LogP contribution in [0.15, 0.2) is 109 Å². The lowest BCUT2D eigenvalue weighted by atomic mass is 9.94. The average molecular weight is 649 g/mol. The fraction of sp³-hybridized carbons (Fsp3) is 0.200. The van der Waals surface area contributed by atoms with Gasteiger partial charge in [0, 0.05) is 0 Å². The van der Waals surface area contributed by atoms with Gasteiger partial charge >= 0.3 is 0 Å². The molecule has 0 aliphatic rings. The fourth-order valence-electron chi connectivity index (χ4n) is 8.07. The smallest absolute Gasteiger partial charge is 0.149 e. The van der Waals surface area contributed by atoms with Crippen LogP contribution in [-0.2, 0) is 0 Å². The molecule has 0 atom stereocenters. The van der Waals surface area contributed by atoms with E-state index in [1.807, 2.05) is 0 Å². The van der Waals surface area contributed by atoms with Crippen LogP contribution in [0.3, 0.4) is 0 Å². The maximum atomic E-state index is 8.35. The minimum Gasteiger partial charge on any atom is -0.149 e. The van der Waals surface area contributed by atoms with E-state index < -0.39 is 7.38 Å². The Morgan fingerprint density at radius 2 is 0.574 bits per heavy atom. The van der Waals surface area contributed by atoms with Crippen molar-refractivity contribution in [2.75, 3.05) is 0 Å². The first kappa shape index (κ1) is 32.8. The minimum atomic E-state index is -3.04. The van der Waals surface area contributed by atoms with Crippen LogP contribution in [0.5, 0.6) is 0 Å². The van der Waals surface area contributed by atoms with Gasteiger partial charge in [0.05, 0.1) is 0 Å². The van der Waals surface area contributed by atoms with Crippen molar-refractivity contribution in [3.63, 3.8) is 0 Å². The third-order valence-electron chi connectivity index (χ3n) is 9.68. The van der Waals surface area contributed by atoms with E-state index in [2.05, 4.69) is 172 Å². The Balaban J connectivity index is 1.61. The topological polar surface area (TPSA) is 0 Å².